The largest absolute Gasteiger partial charge is 0.466 e. The number of hydrogen-bond acceptors (Lipinski definition) is 4. The van der Waals surface area contributed by atoms with E-state index in [0.717, 1.165) is 38.5 Å². The maximum atomic E-state index is 13.6. The van der Waals surface area contributed by atoms with E-state index in [1.807, 2.05) is 0 Å². The first kappa shape index (κ1) is 23.7. The fraction of sp³-hybridized carbons (Fsp3) is 0.704. The van der Waals surface area contributed by atoms with Gasteiger partial charge in [-0.1, -0.05) is 57.6 Å². The van der Waals surface area contributed by atoms with Crippen LogP contribution >= 0.6 is 7.92 Å². The highest BCUT2D eigenvalue weighted by atomic mass is 31.1. The molecular formula is C27H39O4P. The average molecular weight is 459 g/mol. The number of esters is 2. The summed E-state index contributed by atoms with van der Waals surface area (Å²) in [6.07, 6.45) is 13.8. The number of ether oxygens (including phenoxy) is 2. The zero-order valence-corrected chi connectivity index (χ0v) is 21.5. The fourth-order valence-electron chi connectivity index (χ4n) is 6.92. The van der Waals surface area contributed by atoms with Crippen molar-refractivity contribution in [3.63, 3.8) is 0 Å². The summed E-state index contributed by atoms with van der Waals surface area (Å²) in [6, 6.07) is 0. The van der Waals surface area contributed by atoms with Gasteiger partial charge in [0.2, 0.25) is 0 Å². The topological polar surface area (TPSA) is 52.6 Å². The molecule has 2 aliphatic carbocycles. The van der Waals surface area contributed by atoms with Crippen molar-refractivity contribution in [2.24, 2.45) is 10.8 Å². The van der Waals surface area contributed by atoms with Crippen molar-refractivity contribution in [2.45, 2.75) is 97.8 Å². The lowest BCUT2D eigenvalue weighted by Crippen LogP contribution is -2.49. The molecule has 3 aliphatic heterocycles. The van der Waals surface area contributed by atoms with Gasteiger partial charge in [0.25, 0.3) is 0 Å². The van der Waals surface area contributed by atoms with Gasteiger partial charge >= 0.3 is 11.9 Å². The minimum absolute atomic E-state index is 0.253. The summed E-state index contributed by atoms with van der Waals surface area (Å²) in [5.74, 6) is -0.664. The maximum Gasteiger partial charge on any atom is 0.339 e. The SMILES string of the molecule is COC(=O)C1=C(C(=O)OC)C2(C(C)(C)C)C3=C(CCCCCC3)P1C1=C2CCCCCC1. The minimum Gasteiger partial charge on any atom is -0.466 e. The van der Waals surface area contributed by atoms with Crippen molar-refractivity contribution < 1.29 is 19.1 Å². The Labute approximate surface area is 194 Å². The lowest BCUT2D eigenvalue weighted by Gasteiger charge is -2.59. The second-order valence-electron chi connectivity index (χ2n) is 10.7. The Balaban J connectivity index is 2.12. The molecule has 32 heavy (non-hydrogen) atoms. The molecule has 0 fully saturated rings. The van der Waals surface area contributed by atoms with Gasteiger partial charge in [0.15, 0.2) is 0 Å². The first-order valence-corrected chi connectivity index (χ1v) is 13.8. The van der Waals surface area contributed by atoms with Crippen LogP contribution in [0.2, 0.25) is 0 Å². The Morgan fingerprint density at radius 1 is 0.719 bits per heavy atom. The quantitative estimate of drug-likeness (QED) is 0.321. The molecule has 0 aromatic carbocycles. The first-order chi connectivity index (χ1) is 15.3. The van der Waals surface area contributed by atoms with Crippen molar-refractivity contribution in [1.29, 1.82) is 0 Å². The van der Waals surface area contributed by atoms with Crippen LogP contribution in [0.5, 0.6) is 0 Å². The molecule has 5 rings (SSSR count). The number of hydrogen-bond donors (Lipinski definition) is 0. The molecule has 0 N–H and O–H groups in total. The second kappa shape index (κ2) is 9.09. The number of carbonyl (C=O) groups is 2. The van der Waals surface area contributed by atoms with E-state index in [9.17, 15) is 9.59 Å². The van der Waals surface area contributed by atoms with E-state index in [-0.39, 0.29) is 17.4 Å². The Kier molecular flexibility index (Phi) is 6.74. The van der Waals surface area contributed by atoms with Crippen LogP contribution in [0.15, 0.2) is 32.7 Å². The molecule has 0 aromatic rings. The van der Waals surface area contributed by atoms with Crippen LogP contribution in [-0.2, 0) is 19.1 Å². The van der Waals surface area contributed by atoms with Crippen molar-refractivity contribution in [3.05, 3.63) is 32.7 Å². The van der Waals surface area contributed by atoms with Crippen molar-refractivity contribution >= 4 is 19.9 Å². The predicted molar refractivity (Wildman–Crippen MR) is 129 cm³/mol. The molecule has 0 unspecified atom stereocenters. The normalized spacial score (nSPS) is 28.8. The van der Waals surface area contributed by atoms with E-state index >= 15 is 0 Å². The molecule has 0 amide bonds. The van der Waals surface area contributed by atoms with Crippen molar-refractivity contribution in [2.75, 3.05) is 14.2 Å². The molecule has 0 atom stereocenters. The Bertz CT molecular complexity index is 861. The molecule has 0 spiro atoms. The van der Waals surface area contributed by atoms with E-state index in [0.29, 0.717) is 10.9 Å². The lowest BCUT2D eigenvalue weighted by molar-refractivity contribution is -0.140. The molecule has 2 bridgehead atoms. The highest BCUT2D eigenvalue weighted by Crippen LogP contribution is 2.80. The zero-order valence-electron chi connectivity index (χ0n) is 20.6. The summed E-state index contributed by atoms with van der Waals surface area (Å²) < 4.78 is 10.8. The monoisotopic (exact) mass is 458 g/mol. The molecular weight excluding hydrogens is 419 g/mol. The van der Waals surface area contributed by atoms with Gasteiger partial charge < -0.3 is 9.47 Å². The van der Waals surface area contributed by atoms with Gasteiger partial charge in [-0.2, -0.15) is 0 Å². The Morgan fingerprint density at radius 2 is 1.16 bits per heavy atom. The van der Waals surface area contributed by atoms with Gasteiger partial charge in [-0.15, -0.1) is 0 Å². The van der Waals surface area contributed by atoms with Crippen LogP contribution in [0.3, 0.4) is 0 Å². The van der Waals surface area contributed by atoms with Crippen LogP contribution in [0.4, 0.5) is 0 Å². The minimum atomic E-state index is -0.978. The number of rotatable bonds is 2. The lowest BCUT2D eigenvalue weighted by atomic mass is 9.52. The summed E-state index contributed by atoms with van der Waals surface area (Å²) in [4.78, 5) is 27.0. The molecule has 176 valence electrons. The number of allylic oxidation sites excluding steroid dienone is 4. The first-order valence-electron chi connectivity index (χ1n) is 12.5. The average Bonchev–Trinajstić information content (AvgIpc) is 2.71. The molecule has 0 radical (unpaired) electrons. The third kappa shape index (κ3) is 3.44. The van der Waals surface area contributed by atoms with Crippen LogP contribution in [0.1, 0.15) is 97.8 Å². The molecule has 0 saturated carbocycles. The summed E-state index contributed by atoms with van der Waals surface area (Å²) in [6.45, 7) is 6.78. The standard InChI is InChI=1S/C27H39O4P/c1-26(2,3)27-18-14-10-6-8-12-16-20(18)32(21-17-13-9-7-11-15-19(21)27)23(25(29)31-5)22(27)24(28)30-4/h6-17H2,1-5H3. The summed E-state index contributed by atoms with van der Waals surface area (Å²) in [7, 11) is 1.93. The van der Waals surface area contributed by atoms with Crippen molar-refractivity contribution in [3.8, 4) is 0 Å². The third-order valence-corrected chi connectivity index (χ3v) is 11.0. The van der Waals surface area contributed by atoms with Crippen LogP contribution in [0, 0.1) is 10.8 Å². The number of methoxy groups -OCH3 is 2. The highest BCUT2D eigenvalue weighted by Gasteiger charge is 2.63. The fourth-order valence-corrected chi connectivity index (χ4v) is 10.4. The second-order valence-corrected chi connectivity index (χ2v) is 12.9. The van der Waals surface area contributed by atoms with Crippen LogP contribution < -0.4 is 0 Å². The van der Waals surface area contributed by atoms with E-state index in [1.165, 1.54) is 74.5 Å². The maximum absolute atomic E-state index is 13.6. The molecule has 0 saturated heterocycles. The third-order valence-electron chi connectivity index (χ3n) is 8.05. The van der Waals surface area contributed by atoms with E-state index in [2.05, 4.69) is 20.8 Å². The number of carbonyl (C=O) groups excluding carboxylic acids is 2. The van der Waals surface area contributed by atoms with Gasteiger partial charge in [0, 0.05) is 0 Å². The van der Waals surface area contributed by atoms with Gasteiger partial charge in [-0.25, -0.2) is 9.59 Å². The Hall–Kier alpha value is -1.41. The molecule has 3 heterocycles. The van der Waals surface area contributed by atoms with Crippen molar-refractivity contribution in [1.82, 2.24) is 0 Å². The van der Waals surface area contributed by atoms with Gasteiger partial charge in [-0.05, 0) is 75.3 Å². The van der Waals surface area contributed by atoms with Crippen LogP contribution in [0.25, 0.3) is 0 Å². The molecule has 5 heteroatoms. The molecule has 5 aliphatic rings. The van der Waals surface area contributed by atoms with E-state index in [4.69, 9.17) is 9.47 Å². The predicted octanol–water partition coefficient (Wildman–Crippen LogP) is 7.34. The van der Waals surface area contributed by atoms with Crippen LogP contribution in [-0.4, -0.2) is 26.2 Å². The summed E-state index contributed by atoms with van der Waals surface area (Å²) in [5, 5.41) is 3.62. The van der Waals surface area contributed by atoms with E-state index in [1.54, 1.807) is 0 Å². The molecule has 4 nitrogen and oxygen atoms in total. The Morgan fingerprint density at radius 3 is 1.56 bits per heavy atom. The summed E-state index contributed by atoms with van der Waals surface area (Å²) in [5.41, 5.74) is 2.73. The smallest absolute Gasteiger partial charge is 0.339 e. The highest BCUT2D eigenvalue weighted by molar-refractivity contribution is 7.72. The van der Waals surface area contributed by atoms with E-state index < -0.39 is 13.3 Å². The van der Waals surface area contributed by atoms with Gasteiger partial charge in [-0.3, -0.25) is 0 Å². The van der Waals surface area contributed by atoms with Gasteiger partial charge in [0.1, 0.15) is 0 Å². The molecule has 0 aromatic heterocycles. The summed E-state index contributed by atoms with van der Waals surface area (Å²) >= 11 is 0. The van der Waals surface area contributed by atoms with Gasteiger partial charge in [0.05, 0.1) is 30.5 Å². The zero-order chi connectivity index (χ0) is 23.1.